The second-order valence-electron chi connectivity index (χ2n) is 8.84. The maximum Gasteiger partial charge on any atom is 0.325 e. The van der Waals surface area contributed by atoms with E-state index in [4.69, 9.17) is 4.74 Å². The number of rotatable bonds is 4. The minimum Gasteiger partial charge on any atom is -0.455 e. The van der Waals surface area contributed by atoms with Crippen molar-refractivity contribution in [3.8, 4) is 0 Å². The van der Waals surface area contributed by atoms with Crippen molar-refractivity contribution in [2.24, 2.45) is 17.8 Å². The maximum absolute atomic E-state index is 12.7. The first-order valence-corrected chi connectivity index (χ1v) is 13.0. The standard InChI is InChI=1S/C23H30N2O4S2/c1-14-6-7-19(15(2)10-14)24-22(28)25-20(26)13-29-21(27)16-11-17-4-3-5-18(12-16)23(17)30-8-9-31-23/h6-7,10,16-18H,3-5,8-9,11-13H2,1-2H3,(H2,24,25,26,28). The lowest BCUT2D eigenvalue weighted by Gasteiger charge is -2.51. The fourth-order valence-corrected chi connectivity index (χ4v) is 9.26. The van der Waals surface area contributed by atoms with Crippen LogP contribution in [0.4, 0.5) is 10.5 Å². The minimum atomic E-state index is -0.627. The van der Waals surface area contributed by atoms with Crippen LogP contribution in [0.1, 0.15) is 43.2 Å². The summed E-state index contributed by atoms with van der Waals surface area (Å²) < 4.78 is 5.61. The Morgan fingerprint density at radius 3 is 2.42 bits per heavy atom. The van der Waals surface area contributed by atoms with Crippen LogP contribution in [0.15, 0.2) is 18.2 Å². The number of imide groups is 1. The predicted molar refractivity (Wildman–Crippen MR) is 125 cm³/mol. The number of hydrogen-bond donors (Lipinski definition) is 2. The number of carbonyl (C=O) groups excluding carboxylic acids is 3. The average Bonchev–Trinajstić information content (AvgIpc) is 3.17. The zero-order valence-electron chi connectivity index (χ0n) is 18.1. The van der Waals surface area contributed by atoms with Gasteiger partial charge in [-0.05, 0) is 63.0 Å². The molecule has 1 saturated heterocycles. The van der Waals surface area contributed by atoms with Crippen molar-refractivity contribution >= 4 is 47.1 Å². The van der Waals surface area contributed by atoms with Crippen molar-refractivity contribution in [2.75, 3.05) is 23.4 Å². The quantitative estimate of drug-likeness (QED) is 0.641. The summed E-state index contributed by atoms with van der Waals surface area (Å²) in [6, 6.07) is 5.00. The molecule has 2 aliphatic carbocycles. The highest BCUT2D eigenvalue weighted by molar-refractivity contribution is 8.21. The van der Waals surface area contributed by atoms with Crippen molar-refractivity contribution in [3.63, 3.8) is 0 Å². The van der Waals surface area contributed by atoms with E-state index in [1.165, 1.54) is 30.8 Å². The molecule has 6 nitrogen and oxygen atoms in total. The van der Waals surface area contributed by atoms with Gasteiger partial charge in [0.1, 0.15) is 0 Å². The van der Waals surface area contributed by atoms with E-state index in [1.54, 1.807) is 6.07 Å². The lowest BCUT2D eigenvalue weighted by molar-refractivity contribution is -0.155. The highest BCUT2D eigenvalue weighted by Crippen LogP contribution is 2.64. The Hall–Kier alpha value is -1.67. The molecule has 1 aromatic carbocycles. The number of anilines is 1. The van der Waals surface area contributed by atoms with Crippen LogP contribution in [-0.4, -0.2) is 40.1 Å². The molecule has 0 radical (unpaired) electrons. The summed E-state index contributed by atoms with van der Waals surface area (Å²) in [6.45, 7) is 3.43. The van der Waals surface area contributed by atoms with Crippen LogP contribution in [0.25, 0.3) is 0 Å². The van der Waals surface area contributed by atoms with Crippen LogP contribution in [-0.2, 0) is 14.3 Å². The fourth-order valence-electron chi connectivity index (χ4n) is 5.33. The van der Waals surface area contributed by atoms with Gasteiger partial charge < -0.3 is 10.1 Å². The summed E-state index contributed by atoms with van der Waals surface area (Å²) in [7, 11) is 0. The normalized spacial score (nSPS) is 26.3. The van der Waals surface area contributed by atoms with Crippen molar-refractivity contribution in [1.29, 1.82) is 0 Å². The van der Waals surface area contributed by atoms with E-state index in [0.29, 0.717) is 21.6 Å². The average molecular weight is 463 g/mol. The van der Waals surface area contributed by atoms with E-state index in [2.05, 4.69) is 34.2 Å². The molecule has 2 bridgehead atoms. The van der Waals surface area contributed by atoms with Crippen LogP contribution < -0.4 is 10.6 Å². The Morgan fingerprint density at radius 2 is 1.77 bits per heavy atom. The van der Waals surface area contributed by atoms with Crippen LogP contribution >= 0.6 is 23.5 Å². The highest BCUT2D eigenvalue weighted by atomic mass is 32.2. The monoisotopic (exact) mass is 462 g/mol. The second kappa shape index (κ2) is 9.45. The molecule has 168 valence electrons. The van der Waals surface area contributed by atoms with Crippen LogP contribution in [0.5, 0.6) is 0 Å². The number of hydrogen-bond acceptors (Lipinski definition) is 6. The molecule has 2 N–H and O–H groups in total. The number of aryl methyl sites for hydroxylation is 2. The number of amides is 3. The highest BCUT2D eigenvalue weighted by Gasteiger charge is 2.55. The molecule has 3 aliphatic rings. The topological polar surface area (TPSA) is 84.5 Å². The Labute approximate surface area is 192 Å². The fraction of sp³-hybridized carbons (Fsp3) is 0.609. The number of benzene rings is 1. The molecule has 2 unspecified atom stereocenters. The van der Waals surface area contributed by atoms with Gasteiger partial charge in [-0.3, -0.25) is 14.9 Å². The molecule has 8 heteroatoms. The Bertz CT molecular complexity index is 853. The van der Waals surface area contributed by atoms with E-state index < -0.39 is 18.5 Å². The van der Waals surface area contributed by atoms with Crippen molar-refractivity contribution in [3.05, 3.63) is 29.3 Å². The smallest absolute Gasteiger partial charge is 0.325 e. The van der Waals surface area contributed by atoms with E-state index in [9.17, 15) is 14.4 Å². The third-order valence-corrected chi connectivity index (χ3v) is 10.7. The third kappa shape index (κ3) is 4.90. The van der Waals surface area contributed by atoms with Gasteiger partial charge in [-0.25, -0.2) is 4.79 Å². The second-order valence-corrected chi connectivity index (χ2v) is 11.8. The number of nitrogens with one attached hydrogen (secondary N) is 2. The molecule has 3 fully saturated rings. The van der Waals surface area contributed by atoms with Gasteiger partial charge in [0.25, 0.3) is 5.91 Å². The first-order valence-electron chi connectivity index (χ1n) is 11.0. The lowest BCUT2D eigenvalue weighted by Crippen LogP contribution is -2.48. The van der Waals surface area contributed by atoms with Gasteiger partial charge in [-0.2, -0.15) is 0 Å². The van der Waals surface area contributed by atoms with Gasteiger partial charge in [0, 0.05) is 17.2 Å². The molecular weight excluding hydrogens is 432 g/mol. The summed E-state index contributed by atoms with van der Waals surface area (Å²) in [5.41, 5.74) is 2.64. The molecule has 1 spiro atoms. The van der Waals surface area contributed by atoms with Gasteiger partial charge in [0.2, 0.25) is 0 Å². The predicted octanol–water partition coefficient (Wildman–Crippen LogP) is 4.50. The lowest BCUT2D eigenvalue weighted by atomic mass is 9.67. The molecule has 31 heavy (non-hydrogen) atoms. The van der Waals surface area contributed by atoms with E-state index in [0.717, 1.165) is 24.0 Å². The number of urea groups is 1. The Kier molecular flexibility index (Phi) is 6.86. The Balaban J connectivity index is 1.25. The molecule has 2 atom stereocenters. The summed E-state index contributed by atoms with van der Waals surface area (Å²) in [5.74, 6) is 2.45. The van der Waals surface area contributed by atoms with Gasteiger partial charge >= 0.3 is 12.0 Å². The summed E-state index contributed by atoms with van der Waals surface area (Å²) >= 11 is 4.20. The van der Waals surface area contributed by atoms with Crippen LogP contribution in [0.3, 0.4) is 0 Å². The molecular formula is C23H30N2O4S2. The molecule has 1 heterocycles. The minimum absolute atomic E-state index is 0.139. The van der Waals surface area contributed by atoms with Crippen molar-refractivity contribution < 1.29 is 19.1 Å². The zero-order chi connectivity index (χ0) is 22.0. The number of ether oxygens (including phenoxy) is 1. The van der Waals surface area contributed by atoms with Crippen LogP contribution in [0.2, 0.25) is 0 Å². The van der Waals surface area contributed by atoms with Crippen molar-refractivity contribution in [1.82, 2.24) is 5.32 Å². The molecule has 4 rings (SSSR count). The van der Waals surface area contributed by atoms with E-state index in [-0.39, 0.29) is 11.9 Å². The van der Waals surface area contributed by atoms with Gasteiger partial charge in [-0.1, -0.05) is 24.1 Å². The summed E-state index contributed by atoms with van der Waals surface area (Å²) in [5, 5.41) is 4.89. The molecule has 0 aromatic heterocycles. The molecule has 1 aliphatic heterocycles. The zero-order valence-corrected chi connectivity index (χ0v) is 19.7. The maximum atomic E-state index is 12.7. The first-order chi connectivity index (χ1) is 14.9. The van der Waals surface area contributed by atoms with E-state index in [1.807, 2.05) is 26.0 Å². The van der Waals surface area contributed by atoms with Crippen LogP contribution in [0, 0.1) is 31.6 Å². The molecule has 2 saturated carbocycles. The molecule has 3 amide bonds. The number of thioether (sulfide) groups is 2. The van der Waals surface area contributed by atoms with E-state index >= 15 is 0 Å². The first kappa shape index (κ1) is 22.5. The van der Waals surface area contributed by atoms with Gasteiger partial charge in [-0.15, -0.1) is 23.5 Å². The van der Waals surface area contributed by atoms with Gasteiger partial charge in [0.15, 0.2) is 6.61 Å². The number of esters is 1. The SMILES string of the molecule is Cc1ccc(NC(=O)NC(=O)COC(=O)C2CC3CCCC(C2)C32SCCS2)c(C)c1. The van der Waals surface area contributed by atoms with Gasteiger partial charge in [0.05, 0.1) is 10.00 Å². The Morgan fingerprint density at radius 1 is 1.10 bits per heavy atom. The molecule has 1 aromatic rings. The third-order valence-electron chi connectivity index (χ3n) is 6.68. The van der Waals surface area contributed by atoms with Crippen molar-refractivity contribution in [2.45, 2.75) is 50.0 Å². The summed E-state index contributed by atoms with van der Waals surface area (Å²) in [4.78, 5) is 36.9. The number of carbonyl (C=O) groups is 3. The largest absolute Gasteiger partial charge is 0.455 e. The summed E-state index contributed by atoms with van der Waals surface area (Å²) in [6.07, 6.45) is 5.31.